The lowest BCUT2D eigenvalue weighted by molar-refractivity contribution is 0.108. The molecule has 0 N–H and O–H groups in total. The van der Waals surface area contributed by atoms with Crippen LogP contribution in [-0.2, 0) is 0 Å². The molecule has 1 rings (SSSR count). The molecule has 0 heterocycles. The third-order valence-electron chi connectivity index (χ3n) is 1.90. The maximum atomic E-state index is 10.9. The number of benzene rings is 1. The highest BCUT2D eigenvalue weighted by Gasteiger charge is 2.11. The molecule has 0 aliphatic rings. The van der Waals surface area contributed by atoms with E-state index in [4.69, 9.17) is 16.9 Å². The molecule has 0 saturated heterocycles. The van der Waals surface area contributed by atoms with Crippen LogP contribution in [0, 0.1) is 18.3 Å². The quantitative estimate of drug-likeness (QED) is 0.551. The average molecular weight is 208 g/mol. The van der Waals surface area contributed by atoms with Gasteiger partial charge in [-0.2, -0.15) is 5.26 Å². The van der Waals surface area contributed by atoms with Crippen LogP contribution in [0.5, 0.6) is 0 Å². The van der Waals surface area contributed by atoms with Crippen LogP contribution in [0.3, 0.4) is 0 Å². The summed E-state index contributed by atoms with van der Waals surface area (Å²) in [6, 6.07) is 4.69. The molecule has 0 radical (unpaired) electrons. The second kappa shape index (κ2) is 4.03. The lowest BCUT2D eigenvalue weighted by Crippen LogP contribution is -1.98. The van der Waals surface area contributed by atoms with Gasteiger partial charge < -0.3 is 0 Å². The Morgan fingerprint density at radius 3 is 2.64 bits per heavy atom. The summed E-state index contributed by atoms with van der Waals surface area (Å²) in [5.41, 5.74) is 1.26. The zero-order valence-electron chi connectivity index (χ0n) is 7.37. The van der Waals surface area contributed by atoms with Crippen LogP contribution in [-0.4, -0.2) is 11.5 Å². The van der Waals surface area contributed by atoms with Gasteiger partial charge in [-0.25, -0.2) is 0 Å². The highest BCUT2D eigenvalue weighted by molar-refractivity contribution is 6.68. The van der Waals surface area contributed by atoms with E-state index in [9.17, 15) is 9.59 Å². The molecule has 1 aromatic carbocycles. The van der Waals surface area contributed by atoms with Crippen molar-refractivity contribution in [2.24, 2.45) is 0 Å². The Balaban J connectivity index is 3.51. The van der Waals surface area contributed by atoms with Gasteiger partial charge in [-0.3, -0.25) is 9.59 Å². The summed E-state index contributed by atoms with van der Waals surface area (Å²) in [5, 5.41) is 8.06. The van der Waals surface area contributed by atoms with Gasteiger partial charge in [-0.05, 0) is 36.2 Å². The van der Waals surface area contributed by atoms with Gasteiger partial charge in [0.2, 0.25) is 0 Å². The minimum atomic E-state index is -0.664. The SMILES string of the molecule is Cc1c(C#N)cc(C=O)cc1C(=O)Cl. The molecule has 0 spiro atoms. The Bertz CT molecular complexity index is 446. The average Bonchev–Trinajstić information content (AvgIpc) is 2.17. The fraction of sp³-hybridized carbons (Fsp3) is 0.100. The molecule has 0 aromatic heterocycles. The first-order valence-electron chi connectivity index (χ1n) is 3.80. The summed E-state index contributed by atoms with van der Waals surface area (Å²) in [7, 11) is 0. The van der Waals surface area contributed by atoms with Gasteiger partial charge in [-0.15, -0.1) is 0 Å². The lowest BCUT2D eigenvalue weighted by atomic mass is 10.0. The number of rotatable bonds is 2. The molecule has 70 valence electrons. The monoisotopic (exact) mass is 207 g/mol. The molecule has 0 bridgehead atoms. The molecule has 4 heteroatoms. The smallest absolute Gasteiger partial charge is 0.252 e. The van der Waals surface area contributed by atoms with Crippen LogP contribution >= 0.6 is 11.6 Å². The summed E-state index contributed by atoms with van der Waals surface area (Å²) in [4.78, 5) is 21.4. The first-order valence-corrected chi connectivity index (χ1v) is 4.17. The third-order valence-corrected chi connectivity index (χ3v) is 2.10. The maximum Gasteiger partial charge on any atom is 0.252 e. The van der Waals surface area contributed by atoms with Gasteiger partial charge >= 0.3 is 0 Å². The topological polar surface area (TPSA) is 57.9 Å². The van der Waals surface area contributed by atoms with Crippen LogP contribution in [0.1, 0.15) is 31.8 Å². The van der Waals surface area contributed by atoms with Gasteiger partial charge in [0.15, 0.2) is 0 Å². The van der Waals surface area contributed by atoms with Gasteiger partial charge in [0.05, 0.1) is 11.6 Å². The third kappa shape index (κ3) is 1.81. The maximum absolute atomic E-state index is 10.9. The second-order valence-corrected chi connectivity index (χ2v) is 3.09. The molecule has 0 unspecified atom stereocenters. The minimum Gasteiger partial charge on any atom is -0.298 e. The first-order chi connectivity index (χ1) is 6.60. The first kappa shape index (κ1) is 10.4. The zero-order chi connectivity index (χ0) is 10.7. The number of hydrogen-bond acceptors (Lipinski definition) is 3. The van der Waals surface area contributed by atoms with Crippen LogP contribution in [0.2, 0.25) is 0 Å². The van der Waals surface area contributed by atoms with Gasteiger partial charge in [-0.1, -0.05) is 0 Å². The predicted molar refractivity (Wildman–Crippen MR) is 51.5 cm³/mol. The fourth-order valence-corrected chi connectivity index (χ4v) is 1.32. The highest BCUT2D eigenvalue weighted by atomic mass is 35.5. The van der Waals surface area contributed by atoms with E-state index in [1.165, 1.54) is 12.1 Å². The van der Waals surface area contributed by atoms with Crippen molar-refractivity contribution >= 4 is 23.1 Å². The van der Waals surface area contributed by atoms with Crippen LogP contribution in [0.15, 0.2) is 12.1 Å². The molecule has 0 aliphatic heterocycles. The normalized spacial score (nSPS) is 9.21. The van der Waals surface area contributed by atoms with E-state index in [1.54, 1.807) is 6.92 Å². The van der Waals surface area contributed by atoms with E-state index >= 15 is 0 Å². The molecule has 0 fully saturated rings. The van der Waals surface area contributed by atoms with Crippen LogP contribution in [0.25, 0.3) is 0 Å². The van der Waals surface area contributed by atoms with Crippen LogP contribution < -0.4 is 0 Å². The van der Waals surface area contributed by atoms with Gasteiger partial charge in [0, 0.05) is 11.1 Å². The molecular weight excluding hydrogens is 202 g/mol. The number of carbonyl (C=O) groups excluding carboxylic acids is 2. The molecule has 1 aromatic rings. The summed E-state index contributed by atoms with van der Waals surface area (Å²) >= 11 is 5.30. The van der Waals surface area contributed by atoms with E-state index in [0.717, 1.165) is 0 Å². The summed E-state index contributed by atoms with van der Waals surface area (Å²) in [6.07, 6.45) is 0.573. The summed E-state index contributed by atoms with van der Waals surface area (Å²) < 4.78 is 0. The molecule has 0 aliphatic carbocycles. The molecule has 0 amide bonds. The fourth-order valence-electron chi connectivity index (χ4n) is 1.12. The Labute approximate surface area is 85.9 Å². The predicted octanol–water partition coefficient (Wildman–Crippen LogP) is 2.06. The van der Waals surface area contributed by atoms with E-state index in [1.807, 2.05) is 6.07 Å². The van der Waals surface area contributed by atoms with E-state index in [2.05, 4.69) is 0 Å². The van der Waals surface area contributed by atoms with Crippen molar-refractivity contribution < 1.29 is 9.59 Å². The van der Waals surface area contributed by atoms with Crippen molar-refractivity contribution in [2.45, 2.75) is 6.92 Å². The van der Waals surface area contributed by atoms with E-state index in [-0.39, 0.29) is 11.1 Å². The summed E-state index contributed by atoms with van der Waals surface area (Å²) in [6.45, 7) is 1.61. The van der Waals surface area contributed by atoms with Crippen molar-refractivity contribution in [1.82, 2.24) is 0 Å². The molecular formula is C10H6ClNO2. The largest absolute Gasteiger partial charge is 0.298 e. The Morgan fingerprint density at radius 1 is 1.57 bits per heavy atom. The van der Waals surface area contributed by atoms with Crippen LogP contribution in [0.4, 0.5) is 0 Å². The number of nitriles is 1. The Hall–Kier alpha value is -1.66. The number of nitrogens with zero attached hydrogens (tertiary/aromatic N) is 1. The molecule has 14 heavy (non-hydrogen) atoms. The summed E-state index contributed by atoms with van der Waals surface area (Å²) in [5.74, 6) is 0. The molecule has 3 nitrogen and oxygen atoms in total. The van der Waals surface area contributed by atoms with Crippen molar-refractivity contribution in [2.75, 3.05) is 0 Å². The molecule has 0 atom stereocenters. The standard InChI is InChI=1S/C10H6ClNO2/c1-6-8(4-12)2-7(5-13)3-9(6)10(11)14/h2-3,5H,1H3. The van der Waals surface area contributed by atoms with Gasteiger partial charge in [0.1, 0.15) is 6.29 Å². The number of halogens is 1. The highest BCUT2D eigenvalue weighted by Crippen LogP contribution is 2.17. The number of hydrogen-bond donors (Lipinski definition) is 0. The van der Waals surface area contributed by atoms with Crippen molar-refractivity contribution in [1.29, 1.82) is 5.26 Å². The van der Waals surface area contributed by atoms with Crippen molar-refractivity contribution in [3.8, 4) is 6.07 Å². The number of aldehydes is 1. The lowest BCUT2D eigenvalue weighted by Gasteiger charge is -2.03. The van der Waals surface area contributed by atoms with E-state index in [0.29, 0.717) is 17.4 Å². The number of carbonyl (C=O) groups is 2. The molecule has 0 saturated carbocycles. The van der Waals surface area contributed by atoms with Crippen molar-refractivity contribution in [3.63, 3.8) is 0 Å². The Kier molecular flexibility index (Phi) is 3.00. The zero-order valence-corrected chi connectivity index (χ0v) is 8.13. The van der Waals surface area contributed by atoms with Gasteiger partial charge in [0.25, 0.3) is 5.24 Å². The second-order valence-electron chi connectivity index (χ2n) is 2.74. The minimum absolute atomic E-state index is 0.202. The van der Waals surface area contributed by atoms with Crippen molar-refractivity contribution in [3.05, 3.63) is 34.4 Å². The van der Waals surface area contributed by atoms with E-state index < -0.39 is 5.24 Å². The Morgan fingerprint density at radius 2 is 2.21 bits per heavy atom.